The molecular formula is C14H8Cl5NO3. The lowest BCUT2D eigenvalue weighted by atomic mass is 10.0. The Labute approximate surface area is 157 Å². The summed E-state index contributed by atoms with van der Waals surface area (Å²) in [6.45, 7) is 0. The Balaban J connectivity index is 2.85. The second-order valence-electron chi connectivity index (χ2n) is 4.19. The lowest BCUT2D eigenvalue weighted by Crippen LogP contribution is -2.08. The molecule has 4 nitrogen and oxygen atoms in total. The van der Waals surface area contributed by atoms with Gasteiger partial charge in [0.2, 0.25) is 5.88 Å². The molecule has 2 aromatic rings. The van der Waals surface area contributed by atoms with Crippen LogP contribution >= 0.6 is 58.0 Å². The summed E-state index contributed by atoms with van der Waals surface area (Å²) in [5.41, 5.74) is 0.460. The Morgan fingerprint density at radius 1 is 0.913 bits per heavy atom. The molecule has 0 N–H and O–H groups in total. The van der Waals surface area contributed by atoms with Gasteiger partial charge in [-0.15, -0.1) is 0 Å². The van der Waals surface area contributed by atoms with Gasteiger partial charge in [0.1, 0.15) is 0 Å². The standard InChI is InChI=1S/C14H8Cl5NO3/c1-22-6-4-3-5(13(20-6)14(21)23-2)7-8(15)10(17)12(19)11(18)9(7)16/h3-4H,1-2H3. The van der Waals surface area contributed by atoms with Gasteiger partial charge in [-0.25, -0.2) is 9.78 Å². The van der Waals surface area contributed by atoms with E-state index in [1.165, 1.54) is 20.3 Å². The highest BCUT2D eigenvalue weighted by Crippen LogP contribution is 2.48. The fraction of sp³-hybridized carbons (Fsp3) is 0.143. The average Bonchev–Trinajstić information content (AvgIpc) is 2.57. The molecule has 0 atom stereocenters. The number of methoxy groups -OCH3 is 2. The van der Waals surface area contributed by atoms with Crippen LogP contribution in [-0.2, 0) is 4.74 Å². The molecule has 23 heavy (non-hydrogen) atoms. The third kappa shape index (κ3) is 3.32. The smallest absolute Gasteiger partial charge is 0.357 e. The van der Waals surface area contributed by atoms with Crippen LogP contribution in [0.2, 0.25) is 25.1 Å². The Morgan fingerprint density at radius 3 is 1.91 bits per heavy atom. The molecule has 0 saturated carbocycles. The third-order valence-electron chi connectivity index (χ3n) is 2.94. The lowest BCUT2D eigenvalue weighted by molar-refractivity contribution is 0.0594. The van der Waals surface area contributed by atoms with Gasteiger partial charge < -0.3 is 9.47 Å². The maximum atomic E-state index is 12.0. The van der Waals surface area contributed by atoms with Gasteiger partial charge in [-0.2, -0.15) is 0 Å². The molecule has 0 aliphatic heterocycles. The van der Waals surface area contributed by atoms with E-state index in [2.05, 4.69) is 4.98 Å². The minimum atomic E-state index is -0.701. The van der Waals surface area contributed by atoms with Crippen molar-refractivity contribution in [1.29, 1.82) is 0 Å². The fourth-order valence-corrected chi connectivity index (χ4v) is 3.19. The number of aromatic nitrogens is 1. The summed E-state index contributed by atoms with van der Waals surface area (Å²) in [7, 11) is 2.64. The van der Waals surface area contributed by atoms with Crippen LogP contribution in [0.3, 0.4) is 0 Å². The monoisotopic (exact) mass is 413 g/mol. The molecule has 0 fully saturated rings. The van der Waals surface area contributed by atoms with Gasteiger partial charge in [0.25, 0.3) is 0 Å². The first-order chi connectivity index (χ1) is 10.8. The van der Waals surface area contributed by atoms with Crippen LogP contribution in [0, 0.1) is 0 Å². The number of esters is 1. The highest BCUT2D eigenvalue weighted by atomic mass is 35.5. The van der Waals surface area contributed by atoms with Crippen LogP contribution in [0.25, 0.3) is 11.1 Å². The second-order valence-corrected chi connectivity index (χ2v) is 6.08. The molecule has 0 bridgehead atoms. The SMILES string of the molecule is COC(=O)c1nc(OC)ccc1-c1c(Cl)c(Cl)c(Cl)c(Cl)c1Cl. The summed E-state index contributed by atoms with van der Waals surface area (Å²) in [6, 6.07) is 3.08. The van der Waals surface area contributed by atoms with Crippen molar-refractivity contribution in [1.82, 2.24) is 4.98 Å². The quantitative estimate of drug-likeness (QED) is 0.361. The number of carbonyl (C=O) groups is 1. The van der Waals surface area contributed by atoms with Crippen LogP contribution < -0.4 is 4.74 Å². The van der Waals surface area contributed by atoms with E-state index in [0.717, 1.165) is 0 Å². The van der Waals surface area contributed by atoms with Crippen LogP contribution in [0.15, 0.2) is 12.1 Å². The molecule has 0 amide bonds. The molecule has 1 aromatic carbocycles. The number of carbonyl (C=O) groups excluding carboxylic acids is 1. The zero-order valence-corrected chi connectivity index (χ0v) is 15.5. The highest BCUT2D eigenvalue weighted by molar-refractivity contribution is 6.56. The van der Waals surface area contributed by atoms with E-state index < -0.39 is 5.97 Å². The number of nitrogens with zero attached hydrogens (tertiary/aromatic N) is 1. The summed E-state index contributed by atoms with van der Waals surface area (Å²) < 4.78 is 9.74. The number of ether oxygens (including phenoxy) is 2. The summed E-state index contributed by atoms with van der Waals surface area (Å²) in [5.74, 6) is -0.485. The second kappa shape index (κ2) is 7.32. The number of benzene rings is 1. The van der Waals surface area contributed by atoms with Gasteiger partial charge in [-0.3, -0.25) is 0 Å². The molecule has 1 aromatic heterocycles. The molecule has 0 unspecified atom stereocenters. The Bertz CT molecular complexity index is 765. The summed E-state index contributed by atoms with van der Waals surface area (Å²) in [4.78, 5) is 16.1. The maximum absolute atomic E-state index is 12.0. The normalized spacial score (nSPS) is 10.6. The van der Waals surface area contributed by atoms with E-state index in [9.17, 15) is 4.79 Å². The van der Waals surface area contributed by atoms with Crippen molar-refractivity contribution in [3.63, 3.8) is 0 Å². The van der Waals surface area contributed by atoms with Crippen molar-refractivity contribution in [3.05, 3.63) is 42.9 Å². The molecule has 0 aliphatic carbocycles. The Hall–Kier alpha value is -0.910. The molecule has 0 aliphatic rings. The first-order valence-corrected chi connectivity index (χ1v) is 7.87. The molecule has 0 spiro atoms. The highest BCUT2D eigenvalue weighted by Gasteiger charge is 2.25. The number of halogens is 5. The molecule has 0 saturated heterocycles. The Kier molecular flexibility index (Phi) is 5.87. The zero-order chi connectivity index (χ0) is 17.3. The summed E-state index contributed by atoms with van der Waals surface area (Å²) in [5, 5.41) is 0.147. The van der Waals surface area contributed by atoms with Gasteiger partial charge >= 0.3 is 5.97 Å². The fourth-order valence-electron chi connectivity index (χ4n) is 1.85. The number of pyridine rings is 1. The Morgan fingerprint density at radius 2 is 1.43 bits per heavy atom. The number of rotatable bonds is 3. The van der Waals surface area contributed by atoms with E-state index in [-0.39, 0.29) is 47.8 Å². The van der Waals surface area contributed by atoms with Crippen molar-refractivity contribution >= 4 is 64.0 Å². The van der Waals surface area contributed by atoms with Gasteiger partial charge in [0, 0.05) is 17.2 Å². The van der Waals surface area contributed by atoms with Crippen LogP contribution in [0.4, 0.5) is 0 Å². The third-order valence-corrected chi connectivity index (χ3v) is 5.21. The molecular weight excluding hydrogens is 407 g/mol. The summed E-state index contributed by atoms with van der Waals surface area (Å²) >= 11 is 30.6. The van der Waals surface area contributed by atoms with E-state index in [4.69, 9.17) is 67.5 Å². The van der Waals surface area contributed by atoms with Crippen molar-refractivity contribution in [2.24, 2.45) is 0 Å². The minimum absolute atomic E-state index is 0.0179. The predicted molar refractivity (Wildman–Crippen MR) is 92.6 cm³/mol. The minimum Gasteiger partial charge on any atom is -0.481 e. The van der Waals surface area contributed by atoms with E-state index in [1.54, 1.807) is 6.07 Å². The van der Waals surface area contributed by atoms with Crippen LogP contribution in [0.5, 0.6) is 5.88 Å². The molecule has 9 heteroatoms. The molecule has 1 heterocycles. The van der Waals surface area contributed by atoms with E-state index >= 15 is 0 Å². The van der Waals surface area contributed by atoms with Crippen molar-refractivity contribution in [2.45, 2.75) is 0 Å². The number of hydrogen-bond acceptors (Lipinski definition) is 4. The average molecular weight is 415 g/mol. The first-order valence-electron chi connectivity index (χ1n) is 5.98. The van der Waals surface area contributed by atoms with Crippen LogP contribution in [-0.4, -0.2) is 25.2 Å². The van der Waals surface area contributed by atoms with Crippen molar-refractivity contribution in [3.8, 4) is 17.0 Å². The van der Waals surface area contributed by atoms with Gasteiger partial charge in [-0.05, 0) is 6.07 Å². The maximum Gasteiger partial charge on any atom is 0.357 e. The topological polar surface area (TPSA) is 48.4 Å². The largest absolute Gasteiger partial charge is 0.481 e. The predicted octanol–water partition coefficient (Wildman–Crippen LogP) is 5.81. The van der Waals surface area contributed by atoms with Crippen molar-refractivity contribution < 1.29 is 14.3 Å². The zero-order valence-electron chi connectivity index (χ0n) is 11.7. The first kappa shape index (κ1) is 18.4. The molecule has 122 valence electrons. The van der Waals surface area contributed by atoms with Gasteiger partial charge in [0.15, 0.2) is 5.69 Å². The molecule has 2 rings (SSSR count). The summed E-state index contributed by atoms with van der Waals surface area (Å²) in [6.07, 6.45) is 0. The number of hydrogen-bond donors (Lipinski definition) is 0. The van der Waals surface area contributed by atoms with E-state index in [1.807, 2.05) is 0 Å². The van der Waals surface area contributed by atoms with Crippen LogP contribution in [0.1, 0.15) is 10.5 Å². The van der Waals surface area contributed by atoms with Gasteiger partial charge in [0.05, 0.1) is 39.3 Å². The lowest BCUT2D eigenvalue weighted by Gasteiger charge is -2.15. The molecule has 0 radical (unpaired) electrons. The van der Waals surface area contributed by atoms with E-state index in [0.29, 0.717) is 0 Å². The van der Waals surface area contributed by atoms with Gasteiger partial charge in [-0.1, -0.05) is 58.0 Å². The van der Waals surface area contributed by atoms with Crippen molar-refractivity contribution in [2.75, 3.05) is 14.2 Å².